The van der Waals surface area contributed by atoms with Crippen LogP contribution in [0.1, 0.15) is 31.4 Å². The highest BCUT2D eigenvalue weighted by Gasteiger charge is 2.27. The van der Waals surface area contributed by atoms with Crippen LogP contribution in [0.15, 0.2) is 59.7 Å². The molecule has 1 fully saturated rings. The van der Waals surface area contributed by atoms with Crippen LogP contribution in [-0.4, -0.2) is 139 Å². The molecule has 1 aliphatic rings. The molecular formula is C40H60N2O9. The van der Waals surface area contributed by atoms with E-state index in [4.69, 9.17) is 37.9 Å². The zero-order chi connectivity index (χ0) is 36.4. The van der Waals surface area contributed by atoms with Gasteiger partial charge in [0.05, 0.1) is 92.5 Å². The molecule has 51 heavy (non-hydrogen) atoms. The predicted octanol–water partition coefficient (Wildman–Crippen LogP) is 5.17. The molecule has 0 aliphatic heterocycles. The second kappa shape index (κ2) is 26.6. The maximum absolute atomic E-state index is 13.0. The summed E-state index contributed by atoms with van der Waals surface area (Å²) >= 11 is 0. The number of allylic oxidation sites excluding steroid dienone is 2. The van der Waals surface area contributed by atoms with E-state index in [-0.39, 0.29) is 5.78 Å². The molecule has 0 radical (unpaired) electrons. The van der Waals surface area contributed by atoms with Crippen molar-refractivity contribution in [2.24, 2.45) is 0 Å². The number of Topliss-reactive ketones (excluding diaryl/α,β-unsaturated/α-hetero) is 1. The Labute approximate surface area is 305 Å². The van der Waals surface area contributed by atoms with Gasteiger partial charge in [-0.1, -0.05) is 24.3 Å². The van der Waals surface area contributed by atoms with E-state index in [1.54, 1.807) is 14.2 Å². The number of carbonyl (C=O) groups excluding carboxylic acids is 1. The summed E-state index contributed by atoms with van der Waals surface area (Å²) in [6, 6.07) is 16.7. The molecule has 0 spiro atoms. The maximum atomic E-state index is 13.0. The van der Waals surface area contributed by atoms with Crippen LogP contribution in [0.4, 0.5) is 11.4 Å². The molecule has 0 bridgehead atoms. The first kappa shape index (κ1) is 42.3. The third kappa shape index (κ3) is 16.8. The Balaban J connectivity index is 1.46. The van der Waals surface area contributed by atoms with Crippen LogP contribution < -0.4 is 9.80 Å². The normalized spacial score (nSPS) is 14.4. The molecule has 2 aromatic carbocycles. The number of methoxy groups -OCH3 is 2. The third-order valence-electron chi connectivity index (χ3n) is 8.29. The van der Waals surface area contributed by atoms with Crippen molar-refractivity contribution in [3.05, 3.63) is 70.8 Å². The largest absolute Gasteiger partial charge is 0.382 e. The summed E-state index contributed by atoms with van der Waals surface area (Å²) in [7, 11) is 3.30. The minimum absolute atomic E-state index is 0.119. The van der Waals surface area contributed by atoms with Crippen LogP contribution in [0.5, 0.6) is 0 Å². The molecule has 0 heterocycles. The van der Waals surface area contributed by atoms with Crippen molar-refractivity contribution in [1.82, 2.24) is 0 Å². The number of rotatable bonds is 30. The van der Waals surface area contributed by atoms with Crippen molar-refractivity contribution in [3.8, 4) is 0 Å². The molecule has 3 rings (SSSR count). The number of benzene rings is 2. The van der Waals surface area contributed by atoms with Gasteiger partial charge in [-0.25, -0.2) is 0 Å². The van der Waals surface area contributed by atoms with Crippen LogP contribution in [0.2, 0.25) is 0 Å². The summed E-state index contributed by atoms with van der Waals surface area (Å²) in [6.45, 7) is 15.2. The summed E-state index contributed by atoms with van der Waals surface area (Å²) in [5.41, 5.74) is 6.00. The van der Waals surface area contributed by atoms with Crippen molar-refractivity contribution in [3.63, 3.8) is 0 Å². The lowest BCUT2D eigenvalue weighted by Crippen LogP contribution is -2.31. The molecule has 0 aromatic heterocycles. The van der Waals surface area contributed by atoms with E-state index in [9.17, 15) is 4.79 Å². The van der Waals surface area contributed by atoms with Crippen LogP contribution in [0.3, 0.4) is 0 Å². The van der Waals surface area contributed by atoms with E-state index < -0.39 is 0 Å². The third-order valence-corrected chi connectivity index (χ3v) is 8.29. The fourth-order valence-corrected chi connectivity index (χ4v) is 5.34. The second-order valence-electron chi connectivity index (χ2n) is 11.8. The van der Waals surface area contributed by atoms with Crippen molar-refractivity contribution in [2.75, 3.05) is 143 Å². The lowest BCUT2D eigenvalue weighted by atomic mass is 9.82. The van der Waals surface area contributed by atoms with Crippen molar-refractivity contribution in [2.45, 2.75) is 20.3 Å². The molecule has 1 aliphatic carbocycles. The second-order valence-corrected chi connectivity index (χ2v) is 11.8. The van der Waals surface area contributed by atoms with E-state index in [1.165, 1.54) is 5.69 Å². The standard InChI is InChI=1S/C40H60N2O9/c1-5-41(6-2)38-11-7-34(8-12-38)31-36-33-37(40(36)43)32-35-9-13-39(14-10-35)42(15-17-46-23-25-50-29-27-48-21-19-44-3)16-18-47-24-26-51-30-28-49-22-20-45-4/h7-14,31-32H,5-6,15-30,33H2,1-4H3/b36-31-,37-32-. The Morgan fingerprint density at radius 2 is 0.824 bits per heavy atom. The molecule has 0 unspecified atom stereocenters. The van der Waals surface area contributed by atoms with E-state index >= 15 is 0 Å². The van der Waals surface area contributed by atoms with Gasteiger partial charge in [0.2, 0.25) is 0 Å². The summed E-state index contributed by atoms with van der Waals surface area (Å²) in [6.07, 6.45) is 4.68. The van der Waals surface area contributed by atoms with Gasteiger partial charge in [-0.3, -0.25) is 4.79 Å². The van der Waals surface area contributed by atoms with E-state index in [0.29, 0.717) is 112 Å². The fraction of sp³-hybridized carbons (Fsp3) is 0.575. The average Bonchev–Trinajstić information content (AvgIpc) is 3.16. The zero-order valence-corrected chi connectivity index (χ0v) is 31.3. The molecule has 11 nitrogen and oxygen atoms in total. The van der Waals surface area contributed by atoms with Gasteiger partial charge in [0.25, 0.3) is 0 Å². The van der Waals surface area contributed by atoms with Gasteiger partial charge in [-0.2, -0.15) is 0 Å². The maximum Gasteiger partial charge on any atom is 0.185 e. The molecule has 11 heteroatoms. The summed E-state index contributed by atoms with van der Waals surface area (Å²) in [5.74, 6) is 0.119. The molecule has 0 amide bonds. The number of anilines is 2. The van der Waals surface area contributed by atoms with Gasteiger partial charge in [-0.05, 0) is 61.4 Å². The Kier molecular flexibility index (Phi) is 22.1. The van der Waals surface area contributed by atoms with Crippen molar-refractivity contribution < 1.29 is 42.7 Å². The van der Waals surface area contributed by atoms with Gasteiger partial charge < -0.3 is 47.7 Å². The van der Waals surface area contributed by atoms with Crippen LogP contribution in [-0.2, 0) is 42.7 Å². The Bertz CT molecular complexity index is 1240. The molecule has 2 aromatic rings. The molecule has 0 saturated heterocycles. The number of hydrogen-bond acceptors (Lipinski definition) is 11. The first-order chi connectivity index (χ1) is 25.1. The highest BCUT2D eigenvalue weighted by Crippen LogP contribution is 2.32. The Hall–Kier alpha value is -3.13. The van der Waals surface area contributed by atoms with Gasteiger partial charge in [0, 0.05) is 69.3 Å². The molecule has 0 atom stereocenters. The van der Waals surface area contributed by atoms with Crippen LogP contribution in [0, 0.1) is 0 Å². The van der Waals surface area contributed by atoms with E-state index in [2.05, 4.69) is 72.2 Å². The van der Waals surface area contributed by atoms with Gasteiger partial charge in [0.1, 0.15) is 0 Å². The van der Waals surface area contributed by atoms with Crippen molar-refractivity contribution >= 4 is 29.3 Å². The van der Waals surface area contributed by atoms with Gasteiger partial charge in [-0.15, -0.1) is 0 Å². The SMILES string of the molecule is CCN(CC)c1ccc(/C=C2/C/C(=C/c3ccc(N(CCOCCOCCOCCOC)CCOCCOCCOCCOC)cc3)C2=O)cc1. The number of hydrogen-bond donors (Lipinski definition) is 0. The quantitative estimate of drug-likeness (QED) is 0.0793. The predicted molar refractivity (Wildman–Crippen MR) is 203 cm³/mol. The summed E-state index contributed by atoms with van der Waals surface area (Å²) in [4.78, 5) is 17.5. The smallest absolute Gasteiger partial charge is 0.185 e. The first-order valence-corrected chi connectivity index (χ1v) is 18.2. The van der Waals surface area contributed by atoms with Gasteiger partial charge in [0.15, 0.2) is 5.78 Å². The molecule has 0 N–H and O–H groups in total. The number of nitrogens with zero attached hydrogens (tertiary/aromatic N) is 2. The number of ether oxygens (including phenoxy) is 8. The minimum Gasteiger partial charge on any atom is -0.382 e. The average molecular weight is 713 g/mol. The van der Waals surface area contributed by atoms with Gasteiger partial charge >= 0.3 is 0 Å². The lowest BCUT2D eigenvalue weighted by Gasteiger charge is -2.25. The molecule has 284 valence electrons. The van der Waals surface area contributed by atoms with Crippen molar-refractivity contribution in [1.29, 1.82) is 0 Å². The Morgan fingerprint density at radius 1 is 0.490 bits per heavy atom. The summed E-state index contributed by atoms with van der Waals surface area (Å²) in [5, 5.41) is 0. The number of carbonyl (C=O) groups is 1. The highest BCUT2D eigenvalue weighted by molar-refractivity contribution is 6.20. The highest BCUT2D eigenvalue weighted by atomic mass is 16.6. The fourth-order valence-electron chi connectivity index (χ4n) is 5.34. The minimum atomic E-state index is 0.119. The topological polar surface area (TPSA) is 97.4 Å². The number of ketones is 1. The lowest BCUT2D eigenvalue weighted by molar-refractivity contribution is -0.114. The molecule has 1 saturated carbocycles. The summed E-state index contributed by atoms with van der Waals surface area (Å²) < 4.78 is 43.7. The van der Waals surface area contributed by atoms with Crippen LogP contribution >= 0.6 is 0 Å². The monoisotopic (exact) mass is 712 g/mol. The van der Waals surface area contributed by atoms with Crippen LogP contribution in [0.25, 0.3) is 12.2 Å². The first-order valence-electron chi connectivity index (χ1n) is 18.2. The van der Waals surface area contributed by atoms with E-state index in [1.807, 2.05) is 12.2 Å². The Morgan fingerprint density at radius 3 is 1.16 bits per heavy atom. The molecular weight excluding hydrogens is 652 g/mol. The van der Waals surface area contributed by atoms with E-state index in [0.717, 1.165) is 41.1 Å². The zero-order valence-electron chi connectivity index (χ0n) is 31.3.